The molecule has 3 aromatic carbocycles. The Morgan fingerprint density at radius 1 is 1.03 bits per heavy atom. The second-order valence-corrected chi connectivity index (χ2v) is 8.08. The minimum atomic E-state index is -0.265. The van der Waals surface area contributed by atoms with Gasteiger partial charge < -0.3 is 9.47 Å². The highest BCUT2D eigenvalue weighted by atomic mass is 79.9. The Kier molecular flexibility index (Phi) is 4.76. The van der Waals surface area contributed by atoms with E-state index in [0.717, 1.165) is 39.2 Å². The number of halogens is 1. The predicted molar refractivity (Wildman–Crippen MR) is 117 cm³/mol. The number of para-hydroxylation sites is 1. The van der Waals surface area contributed by atoms with E-state index in [1.807, 2.05) is 31.2 Å². The molecule has 2 atom stereocenters. The van der Waals surface area contributed by atoms with Gasteiger partial charge in [-0.3, -0.25) is 0 Å². The highest BCUT2D eigenvalue weighted by molar-refractivity contribution is 9.10. The van der Waals surface area contributed by atoms with Crippen molar-refractivity contribution in [2.24, 2.45) is 5.10 Å². The van der Waals surface area contributed by atoms with Gasteiger partial charge in [-0.2, -0.15) is 5.10 Å². The number of benzene rings is 3. The van der Waals surface area contributed by atoms with Gasteiger partial charge in [-0.25, -0.2) is 5.01 Å². The summed E-state index contributed by atoms with van der Waals surface area (Å²) in [4.78, 5) is 0. The number of rotatable bonds is 4. The molecule has 0 saturated carbocycles. The van der Waals surface area contributed by atoms with Gasteiger partial charge in [0, 0.05) is 22.0 Å². The van der Waals surface area contributed by atoms with Gasteiger partial charge in [0.15, 0.2) is 0 Å². The maximum Gasteiger partial charge on any atom is 0.213 e. The second-order valence-electron chi connectivity index (χ2n) is 7.16. The average molecular weight is 449 g/mol. The molecule has 0 bridgehead atoms. The third-order valence-corrected chi connectivity index (χ3v) is 5.88. The highest BCUT2D eigenvalue weighted by Gasteiger charge is 2.40. The van der Waals surface area contributed by atoms with Crippen LogP contribution in [0.25, 0.3) is 0 Å². The smallest absolute Gasteiger partial charge is 0.213 e. The van der Waals surface area contributed by atoms with Gasteiger partial charge in [-0.1, -0.05) is 46.3 Å². The molecule has 0 aliphatic carbocycles. The Morgan fingerprint density at radius 3 is 2.55 bits per heavy atom. The maximum absolute atomic E-state index is 6.41. The summed E-state index contributed by atoms with van der Waals surface area (Å²) in [5.41, 5.74) is 4.48. The van der Waals surface area contributed by atoms with Crippen molar-refractivity contribution in [3.63, 3.8) is 0 Å². The van der Waals surface area contributed by atoms with Crippen LogP contribution in [-0.4, -0.2) is 17.3 Å². The van der Waals surface area contributed by atoms with E-state index in [9.17, 15) is 0 Å². The van der Waals surface area contributed by atoms with Crippen LogP contribution in [0.2, 0.25) is 0 Å². The highest BCUT2D eigenvalue weighted by Crippen LogP contribution is 2.47. The third kappa shape index (κ3) is 3.40. The molecule has 5 heteroatoms. The topological polar surface area (TPSA) is 34.1 Å². The molecule has 0 aromatic heterocycles. The van der Waals surface area contributed by atoms with Crippen LogP contribution in [0.5, 0.6) is 11.5 Å². The zero-order valence-electron chi connectivity index (χ0n) is 16.1. The molecular weight excluding hydrogens is 428 g/mol. The fraction of sp³-hybridized carbons (Fsp3) is 0.208. The van der Waals surface area contributed by atoms with Crippen LogP contribution in [0.1, 0.15) is 42.3 Å². The van der Waals surface area contributed by atoms with Crippen molar-refractivity contribution < 1.29 is 9.47 Å². The summed E-state index contributed by atoms with van der Waals surface area (Å²) in [7, 11) is 0. The molecule has 2 heterocycles. The summed E-state index contributed by atoms with van der Waals surface area (Å²) in [6.07, 6.45) is 0.591. The lowest BCUT2D eigenvalue weighted by Crippen LogP contribution is -2.33. The maximum atomic E-state index is 6.41. The largest absolute Gasteiger partial charge is 0.494 e. The van der Waals surface area contributed by atoms with E-state index in [1.165, 1.54) is 5.56 Å². The lowest BCUT2D eigenvalue weighted by atomic mass is 9.96. The van der Waals surface area contributed by atoms with Crippen molar-refractivity contribution in [3.8, 4) is 11.5 Å². The van der Waals surface area contributed by atoms with Gasteiger partial charge in [-0.05, 0) is 55.0 Å². The average Bonchev–Trinajstić information content (AvgIpc) is 3.20. The van der Waals surface area contributed by atoms with Crippen molar-refractivity contribution in [1.82, 2.24) is 5.01 Å². The van der Waals surface area contributed by atoms with Crippen molar-refractivity contribution in [3.05, 3.63) is 94.0 Å². The fourth-order valence-corrected chi connectivity index (χ4v) is 4.23. The molecule has 146 valence electrons. The van der Waals surface area contributed by atoms with Gasteiger partial charge in [-0.15, -0.1) is 0 Å². The fourth-order valence-electron chi connectivity index (χ4n) is 3.97. The Bertz CT molecular complexity index is 1050. The van der Waals surface area contributed by atoms with Crippen molar-refractivity contribution in [2.75, 3.05) is 6.61 Å². The summed E-state index contributed by atoms with van der Waals surface area (Å²) in [5.74, 6) is 1.80. The molecule has 0 amide bonds. The number of hydrogen-bond donors (Lipinski definition) is 0. The quantitative estimate of drug-likeness (QED) is 0.484. The molecule has 3 aromatic rings. The molecule has 0 unspecified atom stereocenters. The van der Waals surface area contributed by atoms with Crippen LogP contribution in [0.4, 0.5) is 0 Å². The van der Waals surface area contributed by atoms with Crippen LogP contribution in [0.15, 0.2) is 82.4 Å². The van der Waals surface area contributed by atoms with Gasteiger partial charge in [0.1, 0.15) is 11.5 Å². The van der Waals surface area contributed by atoms with Crippen LogP contribution in [0.3, 0.4) is 0 Å². The van der Waals surface area contributed by atoms with E-state index in [1.54, 1.807) is 0 Å². The van der Waals surface area contributed by atoms with E-state index in [0.29, 0.717) is 6.61 Å². The first-order valence-corrected chi connectivity index (χ1v) is 10.6. The summed E-state index contributed by atoms with van der Waals surface area (Å²) in [6, 6.07) is 24.9. The number of ether oxygens (including phenoxy) is 2. The molecule has 2 aliphatic heterocycles. The zero-order chi connectivity index (χ0) is 19.8. The molecule has 0 saturated heterocycles. The molecule has 5 rings (SSSR count). The van der Waals surface area contributed by atoms with Gasteiger partial charge in [0.2, 0.25) is 6.23 Å². The molecule has 0 N–H and O–H groups in total. The summed E-state index contributed by atoms with van der Waals surface area (Å²) < 4.78 is 13.1. The molecule has 0 fully saturated rings. The normalized spacial score (nSPS) is 19.8. The van der Waals surface area contributed by atoms with Crippen molar-refractivity contribution >= 4 is 21.6 Å². The van der Waals surface area contributed by atoms with Crippen LogP contribution >= 0.6 is 15.9 Å². The van der Waals surface area contributed by atoms with Gasteiger partial charge >= 0.3 is 0 Å². The predicted octanol–water partition coefficient (Wildman–Crippen LogP) is 6.09. The van der Waals surface area contributed by atoms with E-state index in [4.69, 9.17) is 14.6 Å². The standard InChI is InChI=1S/C24H21BrN2O2/c1-2-28-19-13-9-17(10-14-19)24-27-22(20-5-3-4-6-23(20)29-24)15-21(26-27)16-7-11-18(25)12-8-16/h3-14,22,24H,2,15H2,1H3/t22-,24-/m1/s1. The Morgan fingerprint density at radius 2 is 1.79 bits per heavy atom. The lowest BCUT2D eigenvalue weighted by Gasteiger charge is -2.38. The molecular formula is C24H21BrN2O2. The Labute approximate surface area is 178 Å². The first kappa shape index (κ1) is 18.3. The zero-order valence-corrected chi connectivity index (χ0v) is 17.7. The monoisotopic (exact) mass is 448 g/mol. The Balaban J connectivity index is 1.53. The van der Waals surface area contributed by atoms with Crippen molar-refractivity contribution in [2.45, 2.75) is 25.6 Å². The summed E-state index contributed by atoms with van der Waals surface area (Å²) >= 11 is 3.51. The van der Waals surface area contributed by atoms with Gasteiger partial charge in [0.05, 0.1) is 18.4 Å². The third-order valence-electron chi connectivity index (χ3n) is 5.35. The van der Waals surface area contributed by atoms with E-state index in [2.05, 4.69) is 69.5 Å². The van der Waals surface area contributed by atoms with E-state index < -0.39 is 0 Å². The molecule has 0 spiro atoms. The van der Waals surface area contributed by atoms with Crippen LogP contribution in [0, 0.1) is 0 Å². The van der Waals surface area contributed by atoms with Crippen molar-refractivity contribution in [1.29, 1.82) is 0 Å². The van der Waals surface area contributed by atoms with E-state index >= 15 is 0 Å². The molecule has 0 radical (unpaired) electrons. The SMILES string of the molecule is CCOc1ccc([C@H]2Oc3ccccc3[C@H]3CC(c4ccc(Br)cc4)=NN32)cc1. The van der Waals surface area contributed by atoms with E-state index in [-0.39, 0.29) is 12.3 Å². The summed E-state index contributed by atoms with van der Waals surface area (Å²) in [5, 5.41) is 7.11. The molecule has 29 heavy (non-hydrogen) atoms. The second kappa shape index (κ2) is 7.56. The number of nitrogens with zero attached hydrogens (tertiary/aromatic N) is 2. The number of hydrazone groups is 1. The van der Waals surface area contributed by atoms with Crippen LogP contribution in [-0.2, 0) is 0 Å². The van der Waals surface area contributed by atoms with Gasteiger partial charge in [0.25, 0.3) is 0 Å². The first-order chi connectivity index (χ1) is 14.2. The first-order valence-electron chi connectivity index (χ1n) is 9.83. The lowest BCUT2D eigenvalue weighted by molar-refractivity contribution is -0.0190. The minimum Gasteiger partial charge on any atom is -0.494 e. The number of fused-ring (bicyclic) bond motifs is 3. The Hall–Kier alpha value is -2.79. The molecule has 4 nitrogen and oxygen atoms in total. The number of hydrogen-bond acceptors (Lipinski definition) is 4. The minimum absolute atomic E-state index is 0.162. The molecule has 2 aliphatic rings. The summed E-state index contributed by atoms with van der Waals surface area (Å²) in [6.45, 7) is 2.64. The van der Waals surface area contributed by atoms with Crippen LogP contribution < -0.4 is 9.47 Å².